The van der Waals surface area contributed by atoms with Crippen LogP contribution in [0.4, 0.5) is 11.4 Å². The second-order valence-electron chi connectivity index (χ2n) is 4.54. The van der Waals surface area contributed by atoms with Gasteiger partial charge in [-0.1, -0.05) is 11.6 Å². The van der Waals surface area contributed by atoms with Crippen molar-refractivity contribution in [2.45, 2.75) is 13.8 Å². The Labute approximate surface area is 136 Å². The molecule has 0 aliphatic heterocycles. The van der Waals surface area contributed by atoms with Gasteiger partial charge in [0.25, 0.3) is 0 Å². The van der Waals surface area contributed by atoms with Gasteiger partial charge in [-0.2, -0.15) is 0 Å². The van der Waals surface area contributed by atoms with E-state index in [1.807, 2.05) is 19.9 Å². The van der Waals surface area contributed by atoms with Gasteiger partial charge in [0.2, 0.25) is 0 Å². The summed E-state index contributed by atoms with van der Waals surface area (Å²) in [6.45, 7) is 4.01. The fourth-order valence-corrected chi connectivity index (χ4v) is 2.66. The number of benzene rings is 2. The van der Waals surface area contributed by atoms with Crippen LogP contribution in [0.3, 0.4) is 0 Å². The normalized spacial score (nSPS) is 10.4. The van der Waals surface area contributed by atoms with Crippen molar-refractivity contribution in [2.75, 3.05) is 5.32 Å². The lowest BCUT2D eigenvalue weighted by Crippen LogP contribution is -2.04. The van der Waals surface area contributed by atoms with Gasteiger partial charge >= 0.3 is 5.97 Å². The highest BCUT2D eigenvalue weighted by molar-refractivity contribution is 14.1. The van der Waals surface area contributed by atoms with E-state index in [9.17, 15) is 9.90 Å². The summed E-state index contributed by atoms with van der Waals surface area (Å²) in [6, 6.07) is 8.87. The van der Waals surface area contributed by atoms with E-state index < -0.39 is 5.97 Å². The van der Waals surface area contributed by atoms with Crippen LogP contribution in [0.25, 0.3) is 0 Å². The molecule has 0 saturated carbocycles. The molecule has 0 unspecified atom stereocenters. The molecule has 3 nitrogen and oxygen atoms in total. The van der Waals surface area contributed by atoms with Crippen LogP contribution < -0.4 is 5.32 Å². The number of carbonyl (C=O) groups is 1. The van der Waals surface area contributed by atoms with Crippen LogP contribution in [0.2, 0.25) is 5.02 Å². The zero-order valence-corrected chi connectivity index (χ0v) is 13.9. The first kappa shape index (κ1) is 15.1. The molecule has 0 fully saturated rings. The molecule has 2 N–H and O–H groups in total. The number of nitrogens with one attached hydrogen (secondary N) is 1. The Balaban J connectivity index is 2.45. The summed E-state index contributed by atoms with van der Waals surface area (Å²) in [6.07, 6.45) is 0. The highest BCUT2D eigenvalue weighted by atomic mass is 127. The lowest BCUT2D eigenvalue weighted by molar-refractivity contribution is 0.0698. The van der Waals surface area contributed by atoms with Gasteiger partial charge in [-0.05, 0) is 77.9 Å². The maximum atomic E-state index is 11.3. The number of halogens is 2. The van der Waals surface area contributed by atoms with Crippen molar-refractivity contribution in [1.82, 2.24) is 0 Å². The number of hydrogen-bond acceptors (Lipinski definition) is 2. The standard InChI is InChI=1S/C15H13ClINO2/c1-8-6-14(9(2)5-12(8)17)18-13-4-3-10(16)7-11(13)15(19)20/h3-7,18H,1-2H3,(H,19,20). The van der Waals surface area contributed by atoms with Gasteiger partial charge < -0.3 is 10.4 Å². The van der Waals surface area contributed by atoms with Crippen LogP contribution >= 0.6 is 34.2 Å². The Morgan fingerprint density at radius 1 is 1.15 bits per heavy atom. The van der Waals surface area contributed by atoms with E-state index in [1.54, 1.807) is 12.1 Å². The fourth-order valence-electron chi connectivity index (χ4n) is 1.86. The molecule has 0 radical (unpaired) electrons. The zero-order valence-electron chi connectivity index (χ0n) is 11.0. The van der Waals surface area contributed by atoms with E-state index in [0.717, 1.165) is 16.8 Å². The molecular weight excluding hydrogens is 389 g/mol. The maximum Gasteiger partial charge on any atom is 0.337 e. The first-order valence-corrected chi connectivity index (χ1v) is 7.41. The Morgan fingerprint density at radius 2 is 1.85 bits per heavy atom. The molecule has 0 aliphatic rings. The second-order valence-corrected chi connectivity index (χ2v) is 6.13. The predicted octanol–water partition coefficient (Wildman–Crippen LogP) is 5.00. The molecule has 2 aromatic rings. The van der Waals surface area contributed by atoms with Crippen LogP contribution in [-0.4, -0.2) is 11.1 Å². The van der Waals surface area contributed by atoms with Crippen molar-refractivity contribution in [3.63, 3.8) is 0 Å². The number of aryl methyl sites for hydroxylation is 2. The summed E-state index contributed by atoms with van der Waals surface area (Å²) < 4.78 is 1.18. The van der Waals surface area contributed by atoms with Crippen molar-refractivity contribution >= 4 is 51.5 Å². The average Bonchev–Trinajstić information content (AvgIpc) is 2.37. The monoisotopic (exact) mass is 401 g/mol. The van der Waals surface area contributed by atoms with Crippen LogP contribution in [0.1, 0.15) is 21.5 Å². The molecule has 20 heavy (non-hydrogen) atoms. The lowest BCUT2D eigenvalue weighted by Gasteiger charge is -2.14. The van der Waals surface area contributed by atoms with Gasteiger partial charge in [0.05, 0.1) is 11.3 Å². The smallest absolute Gasteiger partial charge is 0.337 e. The van der Waals surface area contributed by atoms with Gasteiger partial charge in [-0.25, -0.2) is 4.79 Å². The number of carboxylic acid groups (broad SMARTS) is 1. The second kappa shape index (κ2) is 6.01. The molecule has 0 bridgehead atoms. The molecule has 0 saturated heterocycles. The highest BCUT2D eigenvalue weighted by Gasteiger charge is 2.12. The minimum atomic E-state index is -1.00. The molecule has 0 aliphatic carbocycles. The molecule has 0 atom stereocenters. The van der Waals surface area contributed by atoms with Crippen LogP contribution in [0.5, 0.6) is 0 Å². The Kier molecular flexibility index (Phi) is 4.55. The average molecular weight is 402 g/mol. The first-order valence-electron chi connectivity index (χ1n) is 5.95. The predicted molar refractivity (Wildman–Crippen MR) is 90.3 cm³/mol. The van der Waals surface area contributed by atoms with E-state index >= 15 is 0 Å². The Morgan fingerprint density at radius 3 is 2.50 bits per heavy atom. The van der Waals surface area contributed by atoms with Gasteiger partial charge in [0, 0.05) is 14.3 Å². The third-order valence-corrected chi connectivity index (χ3v) is 4.38. The van der Waals surface area contributed by atoms with Crippen molar-refractivity contribution in [2.24, 2.45) is 0 Å². The summed E-state index contributed by atoms with van der Waals surface area (Å²) in [7, 11) is 0. The highest BCUT2D eigenvalue weighted by Crippen LogP contribution is 2.28. The molecule has 0 amide bonds. The van der Waals surface area contributed by atoms with Crippen LogP contribution in [0.15, 0.2) is 30.3 Å². The SMILES string of the molecule is Cc1cc(Nc2ccc(Cl)cc2C(=O)O)c(C)cc1I. The van der Waals surface area contributed by atoms with Gasteiger partial charge in [0.15, 0.2) is 0 Å². The van der Waals surface area contributed by atoms with E-state index in [4.69, 9.17) is 11.6 Å². The topological polar surface area (TPSA) is 49.3 Å². The van der Waals surface area contributed by atoms with Crippen molar-refractivity contribution in [3.05, 3.63) is 55.6 Å². The number of aromatic carboxylic acids is 1. The Bertz CT molecular complexity index is 686. The number of anilines is 2. The molecule has 0 spiro atoms. The molecule has 2 aromatic carbocycles. The largest absolute Gasteiger partial charge is 0.478 e. The van der Waals surface area contributed by atoms with E-state index in [-0.39, 0.29) is 5.56 Å². The number of rotatable bonds is 3. The summed E-state index contributed by atoms with van der Waals surface area (Å²) in [5, 5.41) is 12.8. The molecule has 5 heteroatoms. The Hall–Kier alpha value is -1.27. The summed E-state index contributed by atoms with van der Waals surface area (Å²) >= 11 is 8.13. The van der Waals surface area contributed by atoms with Crippen molar-refractivity contribution < 1.29 is 9.90 Å². The molecular formula is C15H13ClINO2. The van der Waals surface area contributed by atoms with Crippen LogP contribution in [0, 0.1) is 17.4 Å². The van der Waals surface area contributed by atoms with E-state index in [2.05, 4.69) is 34.0 Å². The number of carboxylic acids is 1. The van der Waals surface area contributed by atoms with Crippen molar-refractivity contribution in [1.29, 1.82) is 0 Å². The van der Waals surface area contributed by atoms with Gasteiger partial charge in [-0.15, -0.1) is 0 Å². The van der Waals surface area contributed by atoms with E-state index in [1.165, 1.54) is 9.64 Å². The summed E-state index contributed by atoms with van der Waals surface area (Å²) in [5.41, 5.74) is 3.79. The van der Waals surface area contributed by atoms with Gasteiger partial charge in [-0.3, -0.25) is 0 Å². The first-order chi connectivity index (χ1) is 9.38. The molecule has 0 heterocycles. The molecule has 0 aromatic heterocycles. The summed E-state index contributed by atoms with van der Waals surface area (Å²) in [5.74, 6) is -1.00. The molecule has 104 valence electrons. The zero-order chi connectivity index (χ0) is 14.9. The summed E-state index contributed by atoms with van der Waals surface area (Å²) in [4.78, 5) is 11.3. The third-order valence-electron chi connectivity index (χ3n) is 2.99. The fraction of sp³-hybridized carbons (Fsp3) is 0.133. The van der Waals surface area contributed by atoms with Gasteiger partial charge in [0.1, 0.15) is 0 Å². The lowest BCUT2D eigenvalue weighted by atomic mass is 10.1. The third kappa shape index (κ3) is 3.24. The number of hydrogen-bond donors (Lipinski definition) is 2. The minimum Gasteiger partial charge on any atom is -0.478 e. The minimum absolute atomic E-state index is 0.160. The molecule has 2 rings (SSSR count). The van der Waals surface area contributed by atoms with Crippen LogP contribution in [-0.2, 0) is 0 Å². The van der Waals surface area contributed by atoms with Crippen molar-refractivity contribution in [3.8, 4) is 0 Å². The maximum absolute atomic E-state index is 11.3. The quantitative estimate of drug-likeness (QED) is 0.711. The van der Waals surface area contributed by atoms with E-state index in [0.29, 0.717) is 10.7 Å².